The Morgan fingerprint density at radius 2 is 2.18 bits per heavy atom. The van der Waals surface area contributed by atoms with Gasteiger partial charge in [-0.05, 0) is 35.6 Å². The molecule has 0 amide bonds. The quantitative estimate of drug-likeness (QED) is 0.619. The number of nitrogens with one attached hydrogen (secondary N) is 1. The average Bonchev–Trinajstić information content (AvgIpc) is 2.50. The maximum absolute atomic E-state index is 3.17. The highest BCUT2D eigenvalue weighted by Gasteiger charge is 1.93. The monoisotopic (exact) mass is 163 g/mol. The van der Waals surface area contributed by atoms with Gasteiger partial charge in [0.1, 0.15) is 0 Å². The van der Waals surface area contributed by atoms with Crippen LogP contribution in [0.2, 0.25) is 0 Å². The van der Waals surface area contributed by atoms with Crippen molar-refractivity contribution in [2.45, 2.75) is 0 Å². The van der Waals surface area contributed by atoms with Crippen molar-refractivity contribution in [3.63, 3.8) is 0 Å². The summed E-state index contributed by atoms with van der Waals surface area (Å²) in [4.78, 5) is 3.17. The highest BCUT2D eigenvalue weighted by molar-refractivity contribution is 7.46. The molecule has 0 radical (unpaired) electrons. The van der Waals surface area contributed by atoms with Crippen molar-refractivity contribution >= 4 is 24.8 Å². The Kier molecular flexibility index (Phi) is 1.67. The lowest BCUT2D eigenvalue weighted by atomic mass is 10.2. The molecule has 2 rings (SSSR count). The van der Waals surface area contributed by atoms with Gasteiger partial charge in [0.25, 0.3) is 0 Å². The van der Waals surface area contributed by atoms with E-state index >= 15 is 0 Å². The Morgan fingerprint density at radius 1 is 1.27 bits per heavy atom. The first-order chi connectivity index (χ1) is 5.40. The number of fused-ring (bicyclic) bond motifs is 1. The second-order valence-corrected chi connectivity index (χ2v) is 3.61. The number of benzene rings is 1. The van der Waals surface area contributed by atoms with Gasteiger partial charge in [0.05, 0.1) is 0 Å². The minimum atomic E-state index is 0.892. The number of H-pyrrole nitrogens is 1. The smallest absolute Gasteiger partial charge is 0.0454 e. The third kappa shape index (κ3) is 1.17. The Labute approximate surface area is 67.6 Å². The van der Waals surface area contributed by atoms with Gasteiger partial charge in [0, 0.05) is 11.7 Å². The number of hydrogen-bond acceptors (Lipinski definition) is 0. The summed E-state index contributed by atoms with van der Waals surface area (Å²) in [5, 5.41) is 2.74. The molecule has 0 saturated heterocycles. The molecule has 11 heavy (non-hydrogen) atoms. The topological polar surface area (TPSA) is 15.8 Å². The van der Waals surface area contributed by atoms with Gasteiger partial charge in [0.15, 0.2) is 0 Å². The molecule has 0 aliphatic rings. The predicted molar refractivity (Wildman–Crippen MR) is 52.2 cm³/mol. The normalized spacial score (nSPS) is 11.7. The Hall–Kier alpha value is -0.810. The molecule has 56 valence electrons. The van der Waals surface area contributed by atoms with Crippen LogP contribution in [-0.4, -0.2) is 11.6 Å². The number of aromatic amines is 1. The molecular weight excluding hydrogens is 153 g/mol. The summed E-state index contributed by atoms with van der Waals surface area (Å²) >= 11 is 0. The van der Waals surface area contributed by atoms with Crippen LogP contribution >= 0.6 is 8.58 Å². The fourth-order valence-corrected chi connectivity index (χ4v) is 1.76. The van der Waals surface area contributed by atoms with E-state index in [1.165, 1.54) is 16.2 Å². The van der Waals surface area contributed by atoms with Crippen molar-refractivity contribution in [2.24, 2.45) is 0 Å². The first-order valence-electron chi connectivity index (χ1n) is 3.65. The summed E-state index contributed by atoms with van der Waals surface area (Å²) in [6, 6.07) is 8.67. The van der Waals surface area contributed by atoms with Crippen LogP contribution in [0.5, 0.6) is 0 Å². The molecule has 2 aromatic rings. The SMILES string of the molecule is CPc1ccc2[nH]ccc2c1. The maximum atomic E-state index is 3.17. The third-order valence-electron chi connectivity index (χ3n) is 1.84. The van der Waals surface area contributed by atoms with E-state index < -0.39 is 0 Å². The predicted octanol–water partition coefficient (Wildman–Crippen LogP) is 2.10. The minimum absolute atomic E-state index is 0.892. The third-order valence-corrected chi connectivity index (χ3v) is 2.73. The van der Waals surface area contributed by atoms with E-state index in [1.54, 1.807) is 0 Å². The molecule has 0 aliphatic carbocycles. The minimum Gasteiger partial charge on any atom is -0.361 e. The first kappa shape index (κ1) is 6.87. The summed E-state index contributed by atoms with van der Waals surface area (Å²) in [6.07, 6.45) is 1.98. The van der Waals surface area contributed by atoms with Gasteiger partial charge in [-0.25, -0.2) is 0 Å². The molecule has 1 N–H and O–H groups in total. The molecule has 1 nitrogen and oxygen atoms in total. The second kappa shape index (κ2) is 2.67. The van der Waals surface area contributed by atoms with Gasteiger partial charge in [0.2, 0.25) is 0 Å². The summed E-state index contributed by atoms with van der Waals surface area (Å²) in [5.41, 5.74) is 1.23. The molecule has 0 saturated carbocycles. The fourth-order valence-electron chi connectivity index (χ4n) is 1.21. The lowest BCUT2D eigenvalue weighted by Gasteiger charge is -1.94. The van der Waals surface area contributed by atoms with E-state index in [4.69, 9.17) is 0 Å². The molecule has 1 atom stereocenters. The number of hydrogen-bond donors (Lipinski definition) is 1. The average molecular weight is 163 g/mol. The molecule has 1 aromatic carbocycles. The molecular formula is C9H10NP. The van der Waals surface area contributed by atoms with E-state index in [0.29, 0.717) is 0 Å². The van der Waals surface area contributed by atoms with Gasteiger partial charge in [-0.1, -0.05) is 14.6 Å². The number of rotatable bonds is 1. The molecule has 0 aliphatic heterocycles. The molecule has 2 heteroatoms. The largest absolute Gasteiger partial charge is 0.361 e. The van der Waals surface area contributed by atoms with Crippen molar-refractivity contribution < 1.29 is 0 Å². The molecule has 0 fully saturated rings. The lowest BCUT2D eigenvalue weighted by Crippen LogP contribution is -1.89. The van der Waals surface area contributed by atoms with Gasteiger partial charge in [-0.2, -0.15) is 0 Å². The molecule has 1 unspecified atom stereocenters. The summed E-state index contributed by atoms with van der Waals surface area (Å²) in [7, 11) is 0.892. The van der Waals surface area contributed by atoms with E-state index in [-0.39, 0.29) is 0 Å². The second-order valence-electron chi connectivity index (χ2n) is 2.53. The van der Waals surface area contributed by atoms with Gasteiger partial charge >= 0.3 is 0 Å². The van der Waals surface area contributed by atoms with Crippen LogP contribution in [-0.2, 0) is 0 Å². The van der Waals surface area contributed by atoms with Crippen LogP contribution in [0.25, 0.3) is 10.9 Å². The highest BCUT2D eigenvalue weighted by Crippen LogP contribution is 2.13. The molecule has 0 spiro atoms. The zero-order valence-electron chi connectivity index (χ0n) is 6.39. The lowest BCUT2D eigenvalue weighted by molar-refractivity contribution is 1.48. The fraction of sp³-hybridized carbons (Fsp3) is 0.111. The Bertz CT molecular complexity index is 364. The number of aromatic nitrogens is 1. The zero-order valence-corrected chi connectivity index (χ0v) is 7.39. The van der Waals surface area contributed by atoms with Crippen LogP contribution in [0.3, 0.4) is 0 Å². The van der Waals surface area contributed by atoms with Crippen molar-refractivity contribution in [3.8, 4) is 0 Å². The summed E-state index contributed by atoms with van der Waals surface area (Å²) < 4.78 is 0. The van der Waals surface area contributed by atoms with E-state index in [1.807, 2.05) is 6.20 Å². The van der Waals surface area contributed by atoms with E-state index in [2.05, 4.69) is 35.9 Å². The van der Waals surface area contributed by atoms with Crippen LogP contribution in [0.4, 0.5) is 0 Å². The van der Waals surface area contributed by atoms with Gasteiger partial charge in [-0.3, -0.25) is 0 Å². The van der Waals surface area contributed by atoms with Gasteiger partial charge < -0.3 is 4.98 Å². The maximum Gasteiger partial charge on any atom is 0.0454 e. The van der Waals surface area contributed by atoms with Crippen LogP contribution in [0, 0.1) is 0 Å². The summed E-state index contributed by atoms with van der Waals surface area (Å²) in [6.45, 7) is 2.20. The van der Waals surface area contributed by atoms with Crippen molar-refractivity contribution in [2.75, 3.05) is 6.66 Å². The van der Waals surface area contributed by atoms with Crippen LogP contribution < -0.4 is 5.30 Å². The summed E-state index contributed by atoms with van der Waals surface area (Å²) in [5.74, 6) is 0. The van der Waals surface area contributed by atoms with Crippen LogP contribution in [0.15, 0.2) is 30.5 Å². The van der Waals surface area contributed by atoms with E-state index in [0.717, 1.165) is 8.58 Å². The Morgan fingerprint density at radius 3 is 3.00 bits per heavy atom. The van der Waals surface area contributed by atoms with Gasteiger partial charge in [-0.15, -0.1) is 0 Å². The standard InChI is InChI=1S/C9H10NP/c1-11-8-2-3-9-7(6-8)4-5-10-9/h2-6,10-11H,1H3. The van der Waals surface area contributed by atoms with Crippen molar-refractivity contribution in [3.05, 3.63) is 30.5 Å². The first-order valence-corrected chi connectivity index (χ1v) is 5.15. The molecule has 0 bridgehead atoms. The van der Waals surface area contributed by atoms with Crippen molar-refractivity contribution in [1.82, 2.24) is 4.98 Å². The molecule has 1 heterocycles. The van der Waals surface area contributed by atoms with Crippen LogP contribution in [0.1, 0.15) is 0 Å². The van der Waals surface area contributed by atoms with E-state index in [9.17, 15) is 0 Å². The highest BCUT2D eigenvalue weighted by atomic mass is 31.1. The zero-order chi connectivity index (χ0) is 7.68. The van der Waals surface area contributed by atoms with Crippen molar-refractivity contribution in [1.29, 1.82) is 0 Å². The Balaban J connectivity index is 2.67. The molecule has 1 aromatic heterocycles.